The molecule has 160 valence electrons. The Hall–Kier alpha value is -3.69. The first-order chi connectivity index (χ1) is 14.6. The highest BCUT2D eigenvalue weighted by molar-refractivity contribution is 5.86. The number of rotatable bonds is 6. The summed E-state index contributed by atoms with van der Waals surface area (Å²) in [4.78, 5) is 23.0. The topological polar surface area (TPSA) is 100 Å². The van der Waals surface area contributed by atoms with Crippen LogP contribution in [0.2, 0.25) is 0 Å². The van der Waals surface area contributed by atoms with Crippen LogP contribution in [0.5, 0.6) is 0 Å². The number of aromatic nitrogens is 3. The Kier molecular flexibility index (Phi) is 5.00. The van der Waals surface area contributed by atoms with Crippen molar-refractivity contribution >= 4 is 23.4 Å². The molecule has 1 fully saturated rings. The Morgan fingerprint density at radius 2 is 1.87 bits per heavy atom. The highest BCUT2D eigenvalue weighted by atomic mass is 19.4. The second-order valence-electron chi connectivity index (χ2n) is 7.42. The van der Waals surface area contributed by atoms with E-state index in [9.17, 15) is 23.1 Å². The zero-order valence-corrected chi connectivity index (χ0v) is 16.4. The molecule has 2 heterocycles. The van der Waals surface area contributed by atoms with Gasteiger partial charge in [0.25, 0.3) is 0 Å². The molecule has 0 atom stereocenters. The molecule has 0 amide bonds. The number of carboxylic acid groups (broad SMARTS) is 1. The third-order valence-electron chi connectivity index (χ3n) is 4.90. The molecular formula is C21H18F3N5O2. The van der Waals surface area contributed by atoms with Gasteiger partial charge in [0.2, 0.25) is 5.95 Å². The highest BCUT2D eigenvalue weighted by Crippen LogP contribution is 2.39. The number of hydrogen-bond donors (Lipinski definition) is 3. The lowest BCUT2D eigenvalue weighted by Gasteiger charge is -2.14. The second-order valence-corrected chi connectivity index (χ2v) is 7.42. The number of halogens is 3. The van der Waals surface area contributed by atoms with Crippen LogP contribution in [0.4, 0.5) is 30.6 Å². The van der Waals surface area contributed by atoms with Crippen LogP contribution in [-0.2, 0) is 11.0 Å². The number of nitrogens with zero attached hydrogens (tertiary/aromatic N) is 3. The van der Waals surface area contributed by atoms with E-state index in [1.54, 1.807) is 30.5 Å². The summed E-state index contributed by atoms with van der Waals surface area (Å²) in [6.45, 7) is 1.86. The van der Waals surface area contributed by atoms with Crippen molar-refractivity contribution in [2.45, 2.75) is 31.5 Å². The molecule has 0 radical (unpaired) electrons. The summed E-state index contributed by atoms with van der Waals surface area (Å²) < 4.78 is 38.6. The summed E-state index contributed by atoms with van der Waals surface area (Å²) in [6.07, 6.45) is -0.793. The number of carboxylic acids is 1. The van der Waals surface area contributed by atoms with Crippen LogP contribution in [0.1, 0.15) is 24.1 Å². The summed E-state index contributed by atoms with van der Waals surface area (Å²) in [7, 11) is 0. The molecule has 1 aliphatic rings. The van der Waals surface area contributed by atoms with Crippen LogP contribution in [0, 0.1) is 6.92 Å². The van der Waals surface area contributed by atoms with Gasteiger partial charge in [-0.2, -0.15) is 13.2 Å². The molecule has 1 aliphatic carbocycles. The smallest absolute Gasteiger partial charge is 0.433 e. The number of anilines is 3. The standard InChI is InChI=1S/C21H18F3N5O2/c1-12-8-14(13-2-3-17(26-11-13)29-20(5-6-20)18(30)31)10-15(9-12)27-19-25-7-4-16(28-19)21(22,23)24/h2-4,7-11H,5-6H2,1H3,(H,26,29)(H,30,31)(H,25,27,28). The maximum Gasteiger partial charge on any atom is 0.433 e. The zero-order valence-electron chi connectivity index (χ0n) is 16.4. The summed E-state index contributed by atoms with van der Waals surface area (Å²) in [6, 6.07) is 9.73. The molecule has 4 rings (SSSR count). The van der Waals surface area contributed by atoms with Crippen LogP contribution in [-0.4, -0.2) is 31.6 Å². The van der Waals surface area contributed by atoms with Gasteiger partial charge < -0.3 is 15.7 Å². The number of aliphatic carboxylic acids is 1. The van der Waals surface area contributed by atoms with Crippen molar-refractivity contribution in [3.63, 3.8) is 0 Å². The lowest BCUT2D eigenvalue weighted by atomic mass is 10.0. The van der Waals surface area contributed by atoms with Gasteiger partial charge in [-0.15, -0.1) is 0 Å². The van der Waals surface area contributed by atoms with Crippen molar-refractivity contribution in [1.29, 1.82) is 0 Å². The number of alkyl halides is 3. The fraction of sp³-hybridized carbons (Fsp3) is 0.238. The van der Waals surface area contributed by atoms with Crippen molar-refractivity contribution in [2.75, 3.05) is 10.6 Å². The predicted molar refractivity (Wildman–Crippen MR) is 108 cm³/mol. The number of benzene rings is 1. The Bertz CT molecular complexity index is 1130. The first-order valence-electron chi connectivity index (χ1n) is 9.42. The summed E-state index contributed by atoms with van der Waals surface area (Å²) in [5.41, 5.74) is 0.992. The molecular weight excluding hydrogens is 411 g/mol. The highest BCUT2D eigenvalue weighted by Gasteiger charge is 2.50. The van der Waals surface area contributed by atoms with Crippen molar-refractivity contribution < 1.29 is 23.1 Å². The fourth-order valence-electron chi connectivity index (χ4n) is 3.13. The van der Waals surface area contributed by atoms with E-state index in [0.717, 1.165) is 29.0 Å². The van der Waals surface area contributed by atoms with Gasteiger partial charge in [-0.05, 0) is 61.2 Å². The quantitative estimate of drug-likeness (QED) is 0.525. The third-order valence-corrected chi connectivity index (χ3v) is 4.90. The Labute approximate surface area is 175 Å². The number of carbonyl (C=O) groups is 1. The van der Waals surface area contributed by atoms with Crippen LogP contribution < -0.4 is 10.6 Å². The minimum absolute atomic E-state index is 0.160. The minimum Gasteiger partial charge on any atom is -0.480 e. The van der Waals surface area contributed by atoms with Crippen molar-refractivity contribution in [3.05, 3.63) is 60.0 Å². The first-order valence-corrected chi connectivity index (χ1v) is 9.42. The van der Waals surface area contributed by atoms with Crippen LogP contribution in [0.15, 0.2) is 48.8 Å². The molecule has 2 aromatic heterocycles. The van der Waals surface area contributed by atoms with Gasteiger partial charge in [0.15, 0.2) is 0 Å². The van der Waals surface area contributed by atoms with Crippen LogP contribution in [0.3, 0.4) is 0 Å². The molecule has 7 nitrogen and oxygen atoms in total. The number of pyridine rings is 1. The minimum atomic E-state index is -4.56. The molecule has 3 N–H and O–H groups in total. The number of hydrogen-bond acceptors (Lipinski definition) is 6. The molecule has 0 spiro atoms. The largest absolute Gasteiger partial charge is 0.480 e. The van der Waals surface area contributed by atoms with Gasteiger partial charge in [0.05, 0.1) is 0 Å². The summed E-state index contributed by atoms with van der Waals surface area (Å²) >= 11 is 0. The van der Waals surface area contributed by atoms with E-state index < -0.39 is 23.4 Å². The summed E-state index contributed by atoms with van der Waals surface area (Å²) in [5.74, 6) is -0.593. The predicted octanol–water partition coefficient (Wildman–Crippen LogP) is 4.64. The molecule has 10 heteroatoms. The monoisotopic (exact) mass is 429 g/mol. The molecule has 0 bridgehead atoms. The molecule has 3 aromatic rings. The number of nitrogens with one attached hydrogen (secondary N) is 2. The van der Waals surface area contributed by atoms with Gasteiger partial charge in [-0.1, -0.05) is 6.07 Å². The Balaban J connectivity index is 1.55. The van der Waals surface area contributed by atoms with Gasteiger partial charge in [0.1, 0.15) is 17.1 Å². The maximum atomic E-state index is 12.9. The normalized spacial score (nSPS) is 14.7. The zero-order chi connectivity index (χ0) is 22.2. The van der Waals surface area contributed by atoms with E-state index in [0.29, 0.717) is 24.3 Å². The van der Waals surface area contributed by atoms with Gasteiger partial charge >= 0.3 is 12.1 Å². The van der Waals surface area contributed by atoms with E-state index in [2.05, 4.69) is 25.6 Å². The van der Waals surface area contributed by atoms with Crippen molar-refractivity contribution in [3.8, 4) is 11.1 Å². The van der Waals surface area contributed by atoms with Gasteiger partial charge in [-0.3, -0.25) is 0 Å². The maximum absolute atomic E-state index is 12.9. The first kappa shape index (κ1) is 20.6. The molecule has 31 heavy (non-hydrogen) atoms. The Morgan fingerprint density at radius 3 is 2.48 bits per heavy atom. The molecule has 0 unspecified atom stereocenters. The molecule has 1 saturated carbocycles. The average Bonchev–Trinajstić information content (AvgIpc) is 3.49. The van der Waals surface area contributed by atoms with Gasteiger partial charge in [-0.25, -0.2) is 19.7 Å². The lowest BCUT2D eigenvalue weighted by Crippen LogP contribution is -2.31. The van der Waals surface area contributed by atoms with E-state index in [4.69, 9.17) is 0 Å². The fourth-order valence-corrected chi connectivity index (χ4v) is 3.13. The molecule has 0 saturated heterocycles. The van der Waals surface area contributed by atoms with E-state index in [-0.39, 0.29) is 5.95 Å². The number of aryl methyl sites for hydroxylation is 1. The molecule has 0 aliphatic heterocycles. The van der Waals surface area contributed by atoms with Crippen LogP contribution >= 0.6 is 0 Å². The van der Waals surface area contributed by atoms with E-state index in [1.165, 1.54) is 0 Å². The van der Waals surface area contributed by atoms with Crippen molar-refractivity contribution in [2.24, 2.45) is 0 Å². The Morgan fingerprint density at radius 1 is 1.10 bits per heavy atom. The third kappa shape index (κ3) is 4.57. The lowest BCUT2D eigenvalue weighted by molar-refractivity contribution is -0.141. The van der Waals surface area contributed by atoms with E-state index >= 15 is 0 Å². The SMILES string of the molecule is Cc1cc(Nc2nccc(C(F)(F)F)n2)cc(-c2ccc(NC3(C(=O)O)CC3)nc2)c1. The second kappa shape index (κ2) is 7.53. The summed E-state index contributed by atoms with van der Waals surface area (Å²) in [5, 5.41) is 15.0. The molecule has 1 aromatic carbocycles. The van der Waals surface area contributed by atoms with E-state index in [1.807, 2.05) is 13.0 Å². The van der Waals surface area contributed by atoms with Gasteiger partial charge in [0, 0.05) is 23.6 Å². The average molecular weight is 429 g/mol. The van der Waals surface area contributed by atoms with Crippen molar-refractivity contribution in [1.82, 2.24) is 15.0 Å². The van der Waals surface area contributed by atoms with Crippen LogP contribution in [0.25, 0.3) is 11.1 Å².